The van der Waals surface area contributed by atoms with Gasteiger partial charge in [0.05, 0.1) is 6.54 Å². The SMILES string of the molecule is CC(C)n1c(C2CCN(C(=O)CN3CCCCCC3)CC2)nn(C)c1=O. The molecule has 0 unspecified atom stereocenters. The Bertz CT molecular complexity index is 662. The van der Waals surface area contributed by atoms with Gasteiger partial charge in [-0.1, -0.05) is 12.8 Å². The largest absolute Gasteiger partial charge is 0.345 e. The summed E-state index contributed by atoms with van der Waals surface area (Å²) in [5, 5.41) is 4.48. The van der Waals surface area contributed by atoms with E-state index in [0.717, 1.165) is 44.8 Å². The highest BCUT2D eigenvalue weighted by Crippen LogP contribution is 2.27. The van der Waals surface area contributed by atoms with Gasteiger partial charge in [0, 0.05) is 32.1 Å². The average molecular weight is 364 g/mol. The van der Waals surface area contributed by atoms with E-state index in [4.69, 9.17) is 0 Å². The molecule has 0 aromatic carbocycles. The number of hydrogen-bond acceptors (Lipinski definition) is 4. The van der Waals surface area contributed by atoms with E-state index < -0.39 is 0 Å². The molecule has 2 aliphatic rings. The summed E-state index contributed by atoms with van der Waals surface area (Å²) in [6.07, 6.45) is 6.77. The number of carbonyl (C=O) groups is 1. The predicted octanol–water partition coefficient (Wildman–Crippen LogP) is 1.74. The molecule has 26 heavy (non-hydrogen) atoms. The Morgan fingerprint density at radius 2 is 1.69 bits per heavy atom. The highest BCUT2D eigenvalue weighted by Gasteiger charge is 2.29. The molecule has 2 saturated heterocycles. The molecule has 1 amide bonds. The molecular weight excluding hydrogens is 330 g/mol. The molecule has 0 N–H and O–H groups in total. The van der Waals surface area contributed by atoms with Crippen molar-refractivity contribution in [1.82, 2.24) is 24.1 Å². The van der Waals surface area contributed by atoms with E-state index in [1.165, 1.54) is 30.4 Å². The van der Waals surface area contributed by atoms with Crippen LogP contribution in [0.25, 0.3) is 0 Å². The van der Waals surface area contributed by atoms with Crippen molar-refractivity contribution in [3.8, 4) is 0 Å². The summed E-state index contributed by atoms with van der Waals surface area (Å²) in [5.41, 5.74) is -0.0466. The van der Waals surface area contributed by atoms with Crippen molar-refractivity contribution in [2.75, 3.05) is 32.7 Å². The van der Waals surface area contributed by atoms with Gasteiger partial charge in [0.2, 0.25) is 5.91 Å². The van der Waals surface area contributed by atoms with Gasteiger partial charge >= 0.3 is 5.69 Å². The summed E-state index contributed by atoms with van der Waals surface area (Å²) in [6, 6.07) is 0.105. The van der Waals surface area contributed by atoms with Crippen molar-refractivity contribution in [1.29, 1.82) is 0 Å². The fourth-order valence-electron chi connectivity index (χ4n) is 4.23. The molecule has 3 rings (SSSR count). The molecule has 2 aliphatic heterocycles. The number of likely N-dealkylation sites (tertiary alicyclic amines) is 2. The Balaban J connectivity index is 1.58. The number of rotatable bonds is 4. The van der Waals surface area contributed by atoms with E-state index in [1.54, 1.807) is 11.6 Å². The van der Waals surface area contributed by atoms with E-state index in [9.17, 15) is 9.59 Å². The van der Waals surface area contributed by atoms with Crippen molar-refractivity contribution in [2.24, 2.45) is 7.05 Å². The minimum atomic E-state index is -0.0466. The molecule has 1 aromatic heterocycles. The fraction of sp³-hybridized carbons (Fsp3) is 0.842. The summed E-state index contributed by atoms with van der Waals surface area (Å²) in [4.78, 5) is 29.3. The summed E-state index contributed by atoms with van der Waals surface area (Å²) < 4.78 is 3.24. The lowest BCUT2D eigenvalue weighted by Crippen LogP contribution is -2.44. The summed E-state index contributed by atoms with van der Waals surface area (Å²) >= 11 is 0. The molecular formula is C19H33N5O2. The predicted molar refractivity (Wildman–Crippen MR) is 101 cm³/mol. The number of carbonyl (C=O) groups excluding carboxylic acids is 1. The Kier molecular flexibility index (Phi) is 6.16. The third-order valence-electron chi connectivity index (χ3n) is 5.77. The first-order chi connectivity index (χ1) is 12.5. The summed E-state index contributed by atoms with van der Waals surface area (Å²) in [6.45, 7) is 8.23. The maximum Gasteiger partial charge on any atom is 0.345 e. The lowest BCUT2D eigenvalue weighted by Gasteiger charge is -2.33. The van der Waals surface area contributed by atoms with Crippen molar-refractivity contribution in [2.45, 2.75) is 64.3 Å². The molecule has 146 valence electrons. The molecule has 0 bridgehead atoms. The van der Waals surface area contributed by atoms with E-state index in [1.807, 2.05) is 18.7 Å². The van der Waals surface area contributed by atoms with Gasteiger partial charge in [-0.05, 0) is 52.6 Å². The van der Waals surface area contributed by atoms with Crippen LogP contribution >= 0.6 is 0 Å². The molecule has 0 spiro atoms. The highest BCUT2D eigenvalue weighted by molar-refractivity contribution is 5.78. The fourth-order valence-corrected chi connectivity index (χ4v) is 4.23. The maximum absolute atomic E-state index is 12.7. The van der Waals surface area contributed by atoms with E-state index in [0.29, 0.717) is 6.54 Å². The minimum Gasteiger partial charge on any atom is -0.342 e. The Morgan fingerprint density at radius 1 is 1.08 bits per heavy atom. The van der Waals surface area contributed by atoms with Crippen LogP contribution in [0.3, 0.4) is 0 Å². The number of amides is 1. The lowest BCUT2D eigenvalue weighted by atomic mass is 9.95. The topological polar surface area (TPSA) is 63.4 Å². The van der Waals surface area contributed by atoms with Gasteiger partial charge in [-0.25, -0.2) is 9.48 Å². The maximum atomic E-state index is 12.7. The molecule has 7 nitrogen and oxygen atoms in total. The lowest BCUT2D eigenvalue weighted by molar-refractivity contribution is -0.133. The van der Waals surface area contributed by atoms with E-state index in [-0.39, 0.29) is 23.6 Å². The number of piperidine rings is 1. The second-order valence-electron chi connectivity index (χ2n) is 8.07. The van der Waals surface area contributed by atoms with Crippen LogP contribution in [0, 0.1) is 0 Å². The third-order valence-corrected chi connectivity index (χ3v) is 5.77. The highest BCUT2D eigenvalue weighted by atomic mass is 16.2. The van der Waals surface area contributed by atoms with E-state index in [2.05, 4.69) is 10.00 Å². The van der Waals surface area contributed by atoms with Gasteiger partial charge in [0.1, 0.15) is 5.82 Å². The average Bonchev–Trinajstić information content (AvgIpc) is 2.79. The first-order valence-corrected chi connectivity index (χ1v) is 10.1. The first-order valence-electron chi connectivity index (χ1n) is 10.1. The molecule has 2 fully saturated rings. The molecule has 3 heterocycles. The van der Waals surface area contributed by atoms with Gasteiger partial charge < -0.3 is 4.90 Å². The molecule has 0 aliphatic carbocycles. The van der Waals surface area contributed by atoms with Crippen molar-refractivity contribution < 1.29 is 4.79 Å². The second kappa shape index (κ2) is 8.37. The zero-order chi connectivity index (χ0) is 18.7. The zero-order valence-corrected chi connectivity index (χ0v) is 16.5. The number of nitrogens with zero attached hydrogens (tertiary/aromatic N) is 5. The van der Waals surface area contributed by atoms with Crippen molar-refractivity contribution in [3.63, 3.8) is 0 Å². The molecule has 0 atom stereocenters. The van der Waals surface area contributed by atoms with Crippen LogP contribution < -0.4 is 5.69 Å². The van der Waals surface area contributed by atoms with Crippen LogP contribution in [0.15, 0.2) is 4.79 Å². The number of aromatic nitrogens is 3. The molecule has 1 aromatic rings. The van der Waals surface area contributed by atoms with Crippen LogP contribution in [0.2, 0.25) is 0 Å². The first kappa shape index (κ1) is 19.1. The van der Waals surface area contributed by atoms with Gasteiger partial charge in [-0.15, -0.1) is 0 Å². The van der Waals surface area contributed by atoms with Crippen molar-refractivity contribution in [3.05, 3.63) is 16.3 Å². The number of aryl methyl sites for hydroxylation is 1. The standard InChI is InChI=1S/C19H33N5O2/c1-15(2)24-18(20-21(3)19(24)26)16-8-12-23(13-9-16)17(25)14-22-10-6-4-5-7-11-22/h15-16H,4-14H2,1-3H3. The Hall–Kier alpha value is -1.63. The quantitative estimate of drug-likeness (QED) is 0.817. The molecule has 0 saturated carbocycles. The second-order valence-corrected chi connectivity index (χ2v) is 8.07. The van der Waals surface area contributed by atoms with Gasteiger partial charge in [0.25, 0.3) is 0 Å². The van der Waals surface area contributed by atoms with Gasteiger partial charge in [0.15, 0.2) is 0 Å². The summed E-state index contributed by atoms with van der Waals surface area (Å²) in [5.74, 6) is 1.40. The van der Waals surface area contributed by atoms with Crippen LogP contribution in [0.4, 0.5) is 0 Å². The zero-order valence-electron chi connectivity index (χ0n) is 16.5. The smallest absolute Gasteiger partial charge is 0.342 e. The van der Waals surface area contributed by atoms with Crippen LogP contribution in [0.5, 0.6) is 0 Å². The normalized spacial score (nSPS) is 20.5. The van der Waals surface area contributed by atoms with Gasteiger partial charge in [-0.3, -0.25) is 14.3 Å². The number of hydrogen-bond donors (Lipinski definition) is 0. The van der Waals surface area contributed by atoms with Crippen LogP contribution in [0.1, 0.15) is 70.2 Å². The molecule has 7 heteroatoms. The Labute approximate surface area is 156 Å². The van der Waals surface area contributed by atoms with Gasteiger partial charge in [-0.2, -0.15) is 5.10 Å². The van der Waals surface area contributed by atoms with Crippen LogP contribution in [-0.2, 0) is 11.8 Å². The minimum absolute atomic E-state index is 0.0466. The van der Waals surface area contributed by atoms with Crippen molar-refractivity contribution >= 4 is 5.91 Å². The summed E-state index contributed by atoms with van der Waals surface area (Å²) in [7, 11) is 1.71. The van der Waals surface area contributed by atoms with E-state index >= 15 is 0 Å². The molecule has 0 radical (unpaired) electrons. The van der Waals surface area contributed by atoms with Crippen LogP contribution in [-0.4, -0.2) is 62.8 Å². The third kappa shape index (κ3) is 4.19. The monoisotopic (exact) mass is 363 g/mol. The Morgan fingerprint density at radius 3 is 2.27 bits per heavy atom.